The Balaban J connectivity index is 1.92. The van der Waals surface area contributed by atoms with Crippen LogP contribution in [0.5, 0.6) is 5.75 Å². The Morgan fingerprint density at radius 1 is 1.00 bits per heavy atom. The van der Waals surface area contributed by atoms with Gasteiger partial charge in [-0.15, -0.1) is 0 Å². The van der Waals surface area contributed by atoms with Crippen LogP contribution in [-0.4, -0.2) is 58.1 Å². The van der Waals surface area contributed by atoms with Crippen molar-refractivity contribution >= 4 is 11.6 Å². The predicted octanol–water partition coefficient (Wildman–Crippen LogP) is 1.92. The summed E-state index contributed by atoms with van der Waals surface area (Å²) >= 11 is 6.35. The Bertz CT molecular complexity index is 764. The van der Waals surface area contributed by atoms with E-state index >= 15 is 0 Å². The molecule has 0 saturated carbocycles. The molecule has 1 heterocycles. The van der Waals surface area contributed by atoms with E-state index < -0.39 is 37.1 Å². The van der Waals surface area contributed by atoms with Gasteiger partial charge in [0.15, 0.2) is 0 Å². The number of aliphatic hydroxyl groups excluding tert-OH is 4. The zero-order valence-electron chi connectivity index (χ0n) is 14.8. The van der Waals surface area contributed by atoms with Crippen molar-refractivity contribution in [2.45, 2.75) is 37.4 Å². The van der Waals surface area contributed by atoms with E-state index in [0.717, 1.165) is 16.9 Å². The largest absolute Gasteiger partial charge is 0.494 e. The molecule has 7 heteroatoms. The number of hydrogen-bond donors (Lipinski definition) is 4. The lowest BCUT2D eigenvalue weighted by atomic mass is 9.90. The molecule has 4 N–H and O–H groups in total. The van der Waals surface area contributed by atoms with Crippen LogP contribution in [0.1, 0.15) is 18.6 Å². The van der Waals surface area contributed by atoms with E-state index in [1.165, 1.54) is 0 Å². The van der Waals surface area contributed by atoms with E-state index in [1.807, 2.05) is 31.2 Å². The monoisotopic (exact) mass is 394 g/mol. The molecule has 146 valence electrons. The van der Waals surface area contributed by atoms with Gasteiger partial charge in [-0.1, -0.05) is 29.8 Å². The zero-order chi connectivity index (χ0) is 19.6. The van der Waals surface area contributed by atoms with Crippen LogP contribution in [0.15, 0.2) is 42.5 Å². The quantitative estimate of drug-likeness (QED) is 0.618. The fourth-order valence-corrected chi connectivity index (χ4v) is 3.44. The molecule has 0 radical (unpaired) electrons. The summed E-state index contributed by atoms with van der Waals surface area (Å²) in [6, 6.07) is 12.6. The average molecular weight is 395 g/mol. The Morgan fingerprint density at radius 3 is 2.33 bits per heavy atom. The summed E-state index contributed by atoms with van der Waals surface area (Å²) in [7, 11) is 0. The summed E-state index contributed by atoms with van der Waals surface area (Å²) < 4.78 is 11.1. The van der Waals surface area contributed by atoms with Crippen molar-refractivity contribution in [1.29, 1.82) is 0 Å². The molecule has 0 spiro atoms. The third-order valence-electron chi connectivity index (χ3n) is 4.69. The first kappa shape index (κ1) is 20.1. The fraction of sp³-hybridized carbons (Fsp3) is 0.400. The maximum Gasteiger partial charge on any atom is 0.119 e. The molecule has 6 nitrogen and oxygen atoms in total. The maximum atomic E-state index is 10.3. The van der Waals surface area contributed by atoms with Gasteiger partial charge in [0.05, 0.1) is 13.2 Å². The number of aliphatic hydroxyl groups is 4. The summed E-state index contributed by atoms with van der Waals surface area (Å²) in [5.41, 5.74) is 2.17. The predicted molar refractivity (Wildman–Crippen MR) is 101 cm³/mol. The Hall–Kier alpha value is -1.67. The third kappa shape index (κ3) is 4.11. The van der Waals surface area contributed by atoms with E-state index in [9.17, 15) is 20.4 Å². The molecule has 27 heavy (non-hydrogen) atoms. The van der Waals surface area contributed by atoms with Gasteiger partial charge in [0.2, 0.25) is 0 Å². The van der Waals surface area contributed by atoms with Gasteiger partial charge in [-0.2, -0.15) is 0 Å². The molecule has 2 aromatic carbocycles. The number of halogens is 1. The SMILES string of the molecule is CCOc1ccc(-c2cc(C3OC(CO)C(O)C(O)C3O)ccc2Cl)cc1. The highest BCUT2D eigenvalue weighted by Crippen LogP contribution is 2.37. The summed E-state index contributed by atoms with van der Waals surface area (Å²) in [4.78, 5) is 0. The Morgan fingerprint density at radius 2 is 1.70 bits per heavy atom. The lowest BCUT2D eigenvalue weighted by molar-refractivity contribution is -0.231. The summed E-state index contributed by atoms with van der Waals surface area (Å²) in [5, 5.41) is 40.2. The van der Waals surface area contributed by atoms with Crippen molar-refractivity contribution in [1.82, 2.24) is 0 Å². The van der Waals surface area contributed by atoms with Gasteiger partial charge in [0.1, 0.15) is 36.3 Å². The molecular weight excluding hydrogens is 372 g/mol. The normalized spacial score (nSPS) is 28.1. The van der Waals surface area contributed by atoms with E-state index in [0.29, 0.717) is 17.2 Å². The molecular formula is C20H23ClO6. The van der Waals surface area contributed by atoms with Crippen molar-refractivity contribution in [2.24, 2.45) is 0 Å². The Kier molecular flexibility index (Phi) is 6.37. The average Bonchev–Trinajstić information content (AvgIpc) is 2.68. The van der Waals surface area contributed by atoms with Crippen molar-refractivity contribution in [3.63, 3.8) is 0 Å². The van der Waals surface area contributed by atoms with Gasteiger partial charge in [0, 0.05) is 10.6 Å². The van der Waals surface area contributed by atoms with E-state index in [4.69, 9.17) is 21.1 Å². The first-order valence-electron chi connectivity index (χ1n) is 8.79. The second-order valence-corrected chi connectivity index (χ2v) is 6.85. The van der Waals surface area contributed by atoms with Gasteiger partial charge in [-0.25, -0.2) is 0 Å². The van der Waals surface area contributed by atoms with Crippen molar-refractivity contribution < 1.29 is 29.9 Å². The topological polar surface area (TPSA) is 99.4 Å². The molecule has 1 aliphatic rings. The molecule has 2 aromatic rings. The molecule has 1 fully saturated rings. The standard InChI is InChI=1S/C20H23ClO6/c1-2-26-13-6-3-11(4-7-13)14-9-12(5-8-15(14)21)20-19(25)18(24)17(23)16(10-22)27-20/h3-9,16-20,22-25H,2,10H2,1H3. The van der Waals surface area contributed by atoms with Gasteiger partial charge >= 0.3 is 0 Å². The zero-order valence-corrected chi connectivity index (χ0v) is 15.6. The molecule has 1 aliphatic heterocycles. The van der Waals surface area contributed by atoms with E-state index in [-0.39, 0.29) is 0 Å². The minimum atomic E-state index is -1.43. The number of hydrogen-bond acceptors (Lipinski definition) is 6. The lowest BCUT2D eigenvalue weighted by Crippen LogP contribution is -2.55. The van der Waals surface area contributed by atoms with Gasteiger partial charge in [-0.05, 0) is 42.3 Å². The number of benzene rings is 2. The van der Waals surface area contributed by atoms with Gasteiger partial charge < -0.3 is 29.9 Å². The number of ether oxygens (including phenoxy) is 2. The van der Waals surface area contributed by atoms with Crippen LogP contribution in [0.3, 0.4) is 0 Å². The summed E-state index contributed by atoms with van der Waals surface area (Å²) in [5.74, 6) is 0.752. The first-order valence-corrected chi connectivity index (χ1v) is 9.17. The molecule has 5 unspecified atom stereocenters. The van der Waals surface area contributed by atoms with Crippen molar-refractivity contribution in [2.75, 3.05) is 13.2 Å². The molecule has 0 aromatic heterocycles. The molecule has 0 bridgehead atoms. The smallest absolute Gasteiger partial charge is 0.119 e. The van der Waals surface area contributed by atoms with Crippen LogP contribution >= 0.6 is 11.6 Å². The minimum absolute atomic E-state index is 0.471. The second kappa shape index (κ2) is 8.56. The highest BCUT2D eigenvalue weighted by molar-refractivity contribution is 6.33. The van der Waals surface area contributed by atoms with Gasteiger partial charge in [0.25, 0.3) is 0 Å². The molecule has 5 atom stereocenters. The van der Waals surface area contributed by atoms with Crippen LogP contribution in [0.4, 0.5) is 0 Å². The minimum Gasteiger partial charge on any atom is -0.494 e. The van der Waals surface area contributed by atoms with Crippen LogP contribution < -0.4 is 4.74 Å². The molecule has 1 saturated heterocycles. The number of rotatable bonds is 5. The molecule has 0 amide bonds. The maximum absolute atomic E-state index is 10.3. The molecule has 0 aliphatic carbocycles. The Labute approximate surface area is 162 Å². The lowest BCUT2D eigenvalue weighted by Gasteiger charge is -2.40. The van der Waals surface area contributed by atoms with Crippen LogP contribution in [0, 0.1) is 0 Å². The van der Waals surface area contributed by atoms with E-state index in [2.05, 4.69) is 0 Å². The highest BCUT2D eigenvalue weighted by atomic mass is 35.5. The van der Waals surface area contributed by atoms with Crippen LogP contribution in [0.25, 0.3) is 11.1 Å². The first-order chi connectivity index (χ1) is 13.0. The third-order valence-corrected chi connectivity index (χ3v) is 5.02. The van der Waals surface area contributed by atoms with Crippen LogP contribution in [-0.2, 0) is 4.74 Å². The van der Waals surface area contributed by atoms with Crippen LogP contribution in [0.2, 0.25) is 5.02 Å². The van der Waals surface area contributed by atoms with Gasteiger partial charge in [-0.3, -0.25) is 0 Å². The summed E-state index contributed by atoms with van der Waals surface area (Å²) in [6.07, 6.45) is -6.01. The second-order valence-electron chi connectivity index (χ2n) is 6.45. The van der Waals surface area contributed by atoms with E-state index in [1.54, 1.807) is 18.2 Å². The van der Waals surface area contributed by atoms with Crippen molar-refractivity contribution in [3.8, 4) is 16.9 Å². The highest BCUT2D eigenvalue weighted by Gasteiger charge is 2.44. The fourth-order valence-electron chi connectivity index (χ4n) is 3.22. The molecule has 3 rings (SSSR count). The van der Waals surface area contributed by atoms with Crippen molar-refractivity contribution in [3.05, 3.63) is 53.1 Å². The summed E-state index contributed by atoms with van der Waals surface area (Å²) in [6.45, 7) is 2.02.